The summed E-state index contributed by atoms with van der Waals surface area (Å²) in [5.74, 6) is -0.135. The van der Waals surface area contributed by atoms with E-state index < -0.39 is 10.9 Å². The Morgan fingerprint density at radius 2 is 2.25 bits per heavy atom. The van der Waals surface area contributed by atoms with E-state index in [9.17, 15) is 14.9 Å². The van der Waals surface area contributed by atoms with E-state index in [1.807, 2.05) is 0 Å². The van der Waals surface area contributed by atoms with Gasteiger partial charge < -0.3 is 4.74 Å². The highest BCUT2D eigenvalue weighted by Gasteiger charge is 2.18. The SMILES string of the molecule is Cc1ccc([N+](=O)[O-])cc1C(=O)OCC1CC=CCC1. The number of hydrogen-bond donors (Lipinski definition) is 0. The minimum Gasteiger partial charge on any atom is -0.462 e. The highest BCUT2D eigenvalue weighted by atomic mass is 16.6. The summed E-state index contributed by atoms with van der Waals surface area (Å²) in [5.41, 5.74) is 0.859. The maximum absolute atomic E-state index is 12.0. The Morgan fingerprint density at radius 1 is 1.45 bits per heavy atom. The molecule has 1 aliphatic carbocycles. The van der Waals surface area contributed by atoms with E-state index in [1.165, 1.54) is 12.1 Å². The van der Waals surface area contributed by atoms with Crippen molar-refractivity contribution >= 4 is 11.7 Å². The molecule has 0 saturated carbocycles. The fourth-order valence-electron chi connectivity index (χ4n) is 2.22. The molecule has 0 bridgehead atoms. The van der Waals surface area contributed by atoms with E-state index in [1.54, 1.807) is 13.0 Å². The molecule has 1 aliphatic rings. The quantitative estimate of drug-likeness (QED) is 0.365. The monoisotopic (exact) mass is 275 g/mol. The molecule has 0 N–H and O–H groups in total. The molecule has 20 heavy (non-hydrogen) atoms. The lowest BCUT2D eigenvalue weighted by Crippen LogP contribution is -2.16. The summed E-state index contributed by atoms with van der Waals surface area (Å²) in [6.45, 7) is 2.11. The fraction of sp³-hybridized carbons (Fsp3) is 0.400. The van der Waals surface area contributed by atoms with Crippen molar-refractivity contribution in [1.29, 1.82) is 0 Å². The molecule has 0 heterocycles. The third-order valence-corrected chi connectivity index (χ3v) is 3.48. The number of rotatable bonds is 4. The molecule has 0 aromatic heterocycles. The standard InChI is InChI=1S/C15H17NO4/c1-11-7-8-13(16(18)19)9-14(11)15(17)20-10-12-5-3-2-4-6-12/h2-3,7-9,12H,4-6,10H2,1H3. The molecular formula is C15H17NO4. The second-order valence-corrected chi connectivity index (χ2v) is 5.01. The van der Waals surface area contributed by atoms with Gasteiger partial charge in [-0.2, -0.15) is 0 Å². The molecule has 0 aliphatic heterocycles. The minimum absolute atomic E-state index is 0.0943. The molecule has 2 rings (SSSR count). The first-order valence-electron chi connectivity index (χ1n) is 6.65. The van der Waals surface area contributed by atoms with Crippen molar-refractivity contribution < 1.29 is 14.5 Å². The second-order valence-electron chi connectivity index (χ2n) is 5.01. The molecule has 1 aromatic carbocycles. The van der Waals surface area contributed by atoms with Gasteiger partial charge in [-0.1, -0.05) is 18.2 Å². The topological polar surface area (TPSA) is 69.4 Å². The average Bonchev–Trinajstić information content (AvgIpc) is 2.46. The van der Waals surface area contributed by atoms with Crippen molar-refractivity contribution in [3.05, 3.63) is 51.6 Å². The number of carbonyl (C=O) groups is 1. The van der Waals surface area contributed by atoms with Crippen molar-refractivity contribution in [3.63, 3.8) is 0 Å². The molecule has 0 spiro atoms. The number of carbonyl (C=O) groups excluding carboxylic acids is 1. The van der Waals surface area contributed by atoms with Crippen LogP contribution in [0.15, 0.2) is 30.4 Å². The number of ether oxygens (including phenoxy) is 1. The number of hydrogen-bond acceptors (Lipinski definition) is 4. The minimum atomic E-state index is -0.512. The first-order chi connectivity index (χ1) is 9.58. The van der Waals surface area contributed by atoms with Crippen LogP contribution in [0.2, 0.25) is 0 Å². The number of non-ortho nitro benzene ring substituents is 1. The van der Waals surface area contributed by atoms with Gasteiger partial charge in [0.05, 0.1) is 17.1 Å². The van der Waals surface area contributed by atoms with Crippen molar-refractivity contribution in [2.75, 3.05) is 6.61 Å². The van der Waals surface area contributed by atoms with Crippen LogP contribution in [0.4, 0.5) is 5.69 Å². The highest BCUT2D eigenvalue weighted by Crippen LogP contribution is 2.21. The van der Waals surface area contributed by atoms with Gasteiger partial charge in [-0.05, 0) is 37.7 Å². The number of nitro groups is 1. The lowest BCUT2D eigenvalue weighted by molar-refractivity contribution is -0.384. The van der Waals surface area contributed by atoms with E-state index in [-0.39, 0.29) is 11.3 Å². The Labute approximate surface area is 117 Å². The zero-order chi connectivity index (χ0) is 14.5. The van der Waals surface area contributed by atoms with Gasteiger partial charge in [0.1, 0.15) is 0 Å². The number of nitro benzene ring substituents is 1. The maximum atomic E-state index is 12.0. The summed E-state index contributed by atoms with van der Waals surface area (Å²) in [4.78, 5) is 22.2. The number of nitrogens with zero attached hydrogens (tertiary/aromatic N) is 1. The molecule has 5 heteroatoms. The Bertz CT molecular complexity index is 551. The first-order valence-corrected chi connectivity index (χ1v) is 6.65. The number of allylic oxidation sites excluding steroid dienone is 2. The van der Waals surface area contributed by atoms with E-state index in [0.29, 0.717) is 18.1 Å². The number of benzene rings is 1. The van der Waals surface area contributed by atoms with Gasteiger partial charge in [0.2, 0.25) is 0 Å². The average molecular weight is 275 g/mol. The lowest BCUT2D eigenvalue weighted by Gasteiger charge is -2.17. The fourth-order valence-corrected chi connectivity index (χ4v) is 2.22. The highest BCUT2D eigenvalue weighted by molar-refractivity contribution is 5.91. The van der Waals surface area contributed by atoms with E-state index >= 15 is 0 Å². The van der Waals surface area contributed by atoms with Crippen LogP contribution in [0.1, 0.15) is 35.2 Å². The van der Waals surface area contributed by atoms with Crippen LogP contribution in [0.3, 0.4) is 0 Å². The summed E-state index contributed by atoms with van der Waals surface area (Å²) in [7, 11) is 0. The summed E-state index contributed by atoms with van der Waals surface area (Å²) >= 11 is 0. The van der Waals surface area contributed by atoms with Gasteiger partial charge in [0, 0.05) is 12.1 Å². The third-order valence-electron chi connectivity index (χ3n) is 3.48. The van der Waals surface area contributed by atoms with Crippen molar-refractivity contribution in [2.45, 2.75) is 26.2 Å². The predicted octanol–water partition coefficient (Wildman–Crippen LogP) is 3.42. The normalized spacial score (nSPS) is 17.8. The predicted molar refractivity (Wildman–Crippen MR) is 74.6 cm³/mol. The second kappa shape index (κ2) is 6.32. The van der Waals surface area contributed by atoms with Gasteiger partial charge in [-0.15, -0.1) is 0 Å². The van der Waals surface area contributed by atoms with Gasteiger partial charge in [0.15, 0.2) is 0 Å². The van der Waals surface area contributed by atoms with Crippen LogP contribution in [0.25, 0.3) is 0 Å². The lowest BCUT2D eigenvalue weighted by atomic mass is 9.95. The summed E-state index contributed by atoms with van der Waals surface area (Å²) in [5, 5.41) is 10.7. The molecule has 1 atom stereocenters. The summed E-state index contributed by atoms with van der Waals surface area (Å²) in [6, 6.07) is 4.23. The summed E-state index contributed by atoms with van der Waals surface area (Å²) in [6.07, 6.45) is 7.17. The van der Waals surface area contributed by atoms with E-state index in [4.69, 9.17) is 4.74 Å². The largest absolute Gasteiger partial charge is 0.462 e. The third kappa shape index (κ3) is 3.44. The van der Waals surface area contributed by atoms with Crippen LogP contribution in [0.5, 0.6) is 0 Å². The number of esters is 1. The smallest absolute Gasteiger partial charge is 0.338 e. The van der Waals surface area contributed by atoms with Crippen LogP contribution in [-0.2, 0) is 4.74 Å². The van der Waals surface area contributed by atoms with Crippen molar-refractivity contribution in [2.24, 2.45) is 5.92 Å². The molecule has 5 nitrogen and oxygen atoms in total. The van der Waals surface area contributed by atoms with E-state index in [0.717, 1.165) is 19.3 Å². The Hall–Kier alpha value is -2.17. The molecule has 0 radical (unpaired) electrons. The first kappa shape index (κ1) is 14.2. The molecular weight excluding hydrogens is 258 g/mol. The van der Waals surface area contributed by atoms with Crippen LogP contribution in [-0.4, -0.2) is 17.5 Å². The number of aryl methyl sites for hydroxylation is 1. The van der Waals surface area contributed by atoms with Crippen LogP contribution < -0.4 is 0 Å². The molecule has 1 unspecified atom stereocenters. The van der Waals surface area contributed by atoms with Gasteiger partial charge in [-0.25, -0.2) is 4.79 Å². The Balaban J connectivity index is 2.02. The molecule has 0 saturated heterocycles. The zero-order valence-corrected chi connectivity index (χ0v) is 11.4. The zero-order valence-electron chi connectivity index (χ0n) is 11.4. The summed E-state index contributed by atoms with van der Waals surface area (Å²) < 4.78 is 5.29. The molecule has 0 amide bonds. The maximum Gasteiger partial charge on any atom is 0.338 e. The van der Waals surface area contributed by atoms with E-state index in [2.05, 4.69) is 12.2 Å². The van der Waals surface area contributed by atoms with Gasteiger partial charge in [-0.3, -0.25) is 10.1 Å². The molecule has 0 fully saturated rings. The van der Waals surface area contributed by atoms with Crippen molar-refractivity contribution in [3.8, 4) is 0 Å². The molecule has 106 valence electrons. The van der Waals surface area contributed by atoms with Crippen molar-refractivity contribution in [1.82, 2.24) is 0 Å². The van der Waals surface area contributed by atoms with Crippen LogP contribution in [0, 0.1) is 23.0 Å². The van der Waals surface area contributed by atoms with Gasteiger partial charge >= 0.3 is 5.97 Å². The van der Waals surface area contributed by atoms with Crippen LogP contribution >= 0.6 is 0 Å². The Kier molecular flexibility index (Phi) is 4.50. The van der Waals surface area contributed by atoms with Gasteiger partial charge in [0.25, 0.3) is 5.69 Å². The molecule has 1 aromatic rings. The Morgan fingerprint density at radius 3 is 2.90 bits per heavy atom.